The van der Waals surface area contributed by atoms with Gasteiger partial charge in [-0.3, -0.25) is 0 Å². The van der Waals surface area contributed by atoms with Crippen LogP contribution in [0.25, 0.3) is 11.1 Å². The van der Waals surface area contributed by atoms with E-state index in [1.807, 2.05) is 42.5 Å². The van der Waals surface area contributed by atoms with E-state index in [0.717, 1.165) is 48.6 Å². The Kier molecular flexibility index (Phi) is 9.14. The summed E-state index contributed by atoms with van der Waals surface area (Å²) in [6.07, 6.45) is 8.53. The number of ether oxygens (including phenoxy) is 2. The van der Waals surface area contributed by atoms with E-state index in [9.17, 15) is 5.26 Å². The van der Waals surface area contributed by atoms with Crippen molar-refractivity contribution in [2.75, 3.05) is 57.6 Å². The predicted molar refractivity (Wildman–Crippen MR) is 143 cm³/mol. The highest BCUT2D eigenvalue weighted by molar-refractivity contribution is 5.80. The molecule has 1 atom stereocenters. The van der Waals surface area contributed by atoms with Crippen LogP contribution in [0.5, 0.6) is 5.75 Å². The minimum Gasteiger partial charge on any atom is -0.494 e. The number of anilines is 2. The second-order valence-corrected chi connectivity index (χ2v) is 9.07. The van der Waals surface area contributed by atoms with Crippen molar-refractivity contribution >= 4 is 17.7 Å². The number of methoxy groups -OCH3 is 1. The third kappa shape index (κ3) is 6.97. The lowest BCUT2D eigenvalue weighted by Crippen LogP contribution is -2.31. The summed E-state index contributed by atoms with van der Waals surface area (Å²) >= 11 is 0. The molecule has 0 spiro atoms. The summed E-state index contributed by atoms with van der Waals surface area (Å²) < 4.78 is 10.9. The standard InChI is InChI=1S/C27H35N7O2/c1-34-19-27(31-17-22(34)15-28)33-26-14-25(30-16-20-8-10-29-11-9-20)24(18-32-26)21-4-6-23(7-5-21)36-13-3-12-35-2/h4-7,14,17-20,22,29H,3,8-13,16H2,1-2H3,(H2,30,32,33). The van der Waals surface area contributed by atoms with Crippen molar-refractivity contribution in [3.05, 3.63) is 48.5 Å². The number of rotatable bonds is 11. The highest BCUT2D eigenvalue weighted by Crippen LogP contribution is 2.31. The van der Waals surface area contributed by atoms with Crippen LogP contribution in [0.4, 0.5) is 11.5 Å². The summed E-state index contributed by atoms with van der Waals surface area (Å²) in [6, 6.07) is 12.0. The Morgan fingerprint density at radius 1 is 1.19 bits per heavy atom. The van der Waals surface area contributed by atoms with Gasteiger partial charge in [0.15, 0.2) is 6.04 Å². The topological polar surface area (TPSA) is 107 Å². The SMILES string of the molecule is COCCCOc1ccc(-c2cnc(NC3=CN(C)C(C#N)C=N3)cc2NCC2CCNCC2)cc1. The van der Waals surface area contributed by atoms with Gasteiger partial charge in [0.2, 0.25) is 0 Å². The zero-order valence-corrected chi connectivity index (χ0v) is 21.0. The molecular formula is C27H35N7O2. The molecule has 4 rings (SSSR count). The maximum Gasteiger partial charge on any atom is 0.152 e. The molecule has 0 saturated carbocycles. The van der Waals surface area contributed by atoms with E-state index in [0.29, 0.717) is 30.8 Å². The van der Waals surface area contributed by atoms with Gasteiger partial charge in [0.1, 0.15) is 17.4 Å². The molecule has 190 valence electrons. The van der Waals surface area contributed by atoms with Gasteiger partial charge in [-0.1, -0.05) is 12.1 Å². The van der Waals surface area contributed by atoms with Crippen LogP contribution < -0.4 is 20.7 Å². The first-order chi connectivity index (χ1) is 17.7. The lowest BCUT2D eigenvalue weighted by molar-refractivity contribution is 0.172. The van der Waals surface area contributed by atoms with Crippen molar-refractivity contribution < 1.29 is 9.47 Å². The van der Waals surface area contributed by atoms with Crippen LogP contribution in [0.1, 0.15) is 19.3 Å². The number of piperidine rings is 1. The first-order valence-electron chi connectivity index (χ1n) is 12.5. The van der Waals surface area contributed by atoms with Gasteiger partial charge in [-0.2, -0.15) is 5.26 Å². The molecule has 0 aliphatic carbocycles. The number of hydrogen-bond acceptors (Lipinski definition) is 9. The molecule has 2 aliphatic heterocycles. The van der Waals surface area contributed by atoms with E-state index in [2.05, 4.69) is 44.1 Å². The number of aliphatic imine (C=N–C) groups is 1. The van der Waals surface area contributed by atoms with Gasteiger partial charge in [0.05, 0.1) is 12.7 Å². The van der Waals surface area contributed by atoms with Crippen molar-refractivity contribution in [2.24, 2.45) is 10.9 Å². The van der Waals surface area contributed by atoms with Crippen LogP contribution >= 0.6 is 0 Å². The van der Waals surface area contributed by atoms with Crippen LogP contribution in [0, 0.1) is 17.2 Å². The molecule has 1 fully saturated rings. The second-order valence-electron chi connectivity index (χ2n) is 9.07. The normalized spacial score (nSPS) is 17.9. The molecule has 0 radical (unpaired) electrons. The molecule has 3 heterocycles. The molecule has 2 aliphatic rings. The van der Waals surface area contributed by atoms with E-state index >= 15 is 0 Å². The van der Waals surface area contributed by atoms with Crippen LogP contribution in [-0.4, -0.2) is 69.1 Å². The van der Waals surface area contributed by atoms with Crippen LogP contribution in [-0.2, 0) is 4.74 Å². The molecule has 0 amide bonds. The van der Waals surface area contributed by atoms with E-state index in [1.165, 1.54) is 12.8 Å². The summed E-state index contributed by atoms with van der Waals surface area (Å²) in [4.78, 5) is 10.8. The minimum atomic E-state index is -0.361. The minimum absolute atomic E-state index is 0.361. The highest BCUT2D eigenvalue weighted by Gasteiger charge is 2.17. The predicted octanol–water partition coefficient (Wildman–Crippen LogP) is 3.69. The third-order valence-corrected chi connectivity index (χ3v) is 6.38. The van der Waals surface area contributed by atoms with Crippen molar-refractivity contribution in [2.45, 2.75) is 25.3 Å². The van der Waals surface area contributed by atoms with Crippen molar-refractivity contribution in [3.8, 4) is 22.9 Å². The molecule has 0 bridgehead atoms. The van der Waals surface area contributed by atoms with Gasteiger partial charge in [-0.15, -0.1) is 0 Å². The average molecular weight is 490 g/mol. The van der Waals surface area contributed by atoms with E-state index in [4.69, 9.17) is 9.47 Å². The fourth-order valence-electron chi connectivity index (χ4n) is 4.25. The molecule has 1 aromatic heterocycles. The largest absolute Gasteiger partial charge is 0.494 e. The van der Waals surface area contributed by atoms with Gasteiger partial charge < -0.3 is 30.3 Å². The number of nitrogens with one attached hydrogen (secondary N) is 3. The molecule has 3 N–H and O–H groups in total. The molecule has 1 saturated heterocycles. The highest BCUT2D eigenvalue weighted by atomic mass is 16.5. The van der Waals surface area contributed by atoms with E-state index < -0.39 is 0 Å². The molecule has 9 heteroatoms. The van der Waals surface area contributed by atoms with Gasteiger partial charge in [0, 0.05) is 69.7 Å². The number of nitriles is 1. The molecule has 1 aromatic carbocycles. The Morgan fingerprint density at radius 3 is 2.72 bits per heavy atom. The maximum atomic E-state index is 9.19. The van der Waals surface area contributed by atoms with Crippen LogP contribution in [0.15, 0.2) is 53.5 Å². The Balaban J connectivity index is 1.51. The molecule has 2 aromatic rings. The number of pyridine rings is 1. The van der Waals surface area contributed by atoms with Gasteiger partial charge in [0.25, 0.3) is 0 Å². The molecule has 1 unspecified atom stereocenters. The lowest BCUT2D eigenvalue weighted by atomic mass is 9.97. The van der Waals surface area contributed by atoms with Gasteiger partial charge in [-0.25, -0.2) is 9.98 Å². The lowest BCUT2D eigenvalue weighted by Gasteiger charge is -2.24. The Hall–Kier alpha value is -3.61. The smallest absolute Gasteiger partial charge is 0.152 e. The second kappa shape index (κ2) is 12.9. The van der Waals surface area contributed by atoms with E-state index in [1.54, 1.807) is 13.3 Å². The molecule has 9 nitrogen and oxygen atoms in total. The summed E-state index contributed by atoms with van der Waals surface area (Å²) in [5.74, 6) is 2.81. The van der Waals surface area contributed by atoms with Gasteiger partial charge >= 0.3 is 0 Å². The number of hydrogen-bond donors (Lipinski definition) is 3. The molecular weight excluding hydrogens is 454 g/mol. The van der Waals surface area contributed by atoms with E-state index in [-0.39, 0.29) is 6.04 Å². The summed E-state index contributed by atoms with van der Waals surface area (Å²) in [7, 11) is 3.55. The van der Waals surface area contributed by atoms with Crippen molar-refractivity contribution in [1.29, 1.82) is 5.26 Å². The van der Waals surface area contributed by atoms with Gasteiger partial charge in [-0.05, 0) is 49.5 Å². The maximum absolute atomic E-state index is 9.19. The Morgan fingerprint density at radius 2 is 2.00 bits per heavy atom. The number of aromatic nitrogens is 1. The van der Waals surface area contributed by atoms with Crippen molar-refractivity contribution in [3.63, 3.8) is 0 Å². The fourth-order valence-corrected chi connectivity index (χ4v) is 4.25. The fraction of sp³-hybridized carbons (Fsp3) is 0.444. The number of nitrogens with zero attached hydrogens (tertiary/aromatic N) is 4. The Bertz CT molecular complexity index is 1090. The first-order valence-corrected chi connectivity index (χ1v) is 12.5. The average Bonchev–Trinajstić information content (AvgIpc) is 2.91. The molecule has 36 heavy (non-hydrogen) atoms. The van der Waals surface area contributed by atoms with Crippen LogP contribution in [0.3, 0.4) is 0 Å². The summed E-state index contributed by atoms with van der Waals surface area (Å²) in [6.45, 7) is 4.36. The first kappa shape index (κ1) is 25.5. The summed E-state index contributed by atoms with van der Waals surface area (Å²) in [5.41, 5.74) is 3.12. The number of benzene rings is 1. The quantitative estimate of drug-likeness (QED) is 0.410. The Labute approximate surface area is 213 Å². The zero-order valence-electron chi connectivity index (χ0n) is 21.0. The third-order valence-electron chi connectivity index (χ3n) is 6.38. The monoisotopic (exact) mass is 489 g/mol. The zero-order chi connectivity index (χ0) is 25.2. The van der Waals surface area contributed by atoms with Crippen LogP contribution in [0.2, 0.25) is 0 Å². The van der Waals surface area contributed by atoms with Crippen molar-refractivity contribution in [1.82, 2.24) is 15.2 Å². The summed E-state index contributed by atoms with van der Waals surface area (Å²) in [5, 5.41) is 19.6.